The Balaban J connectivity index is 3.11. The molecule has 1 aromatic rings. The minimum atomic E-state index is -0.225. The molecule has 96 valence electrons. The number of nitrogens with two attached hydrogens (primary N) is 1. The van der Waals surface area contributed by atoms with Crippen LogP contribution in [0.25, 0.3) is 0 Å². The van der Waals surface area contributed by atoms with Crippen molar-refractivity contribution in [1.29, 1.82) is 0 Å². The number of ether oxygens (including phenoxy) is 1. The van der Waals surface area contributed by atoms with Crippen LogP contribution in [0.3, 0.4) is 0 Å². The lowest BCUT2D eigenvalue weighted by atomic mass is 10.0. The standard InChI is InChI=1S/C14H24N2O/c1-10-7-11(2)13(17-6)12(8-10)16(5)9-14(3,4)15/h7-8H,9,15H2,1-6H3. The van der Waals surface area contributed by atoms with Crippen LogP contribution in [0.5, 0.6) is 5.75 Å². The zero-order valence-corrected chi connectivity index (χ0v) is 11.8. The highest BCUT2D eigenvalue weighted by molar-refractivity contribution is 5.63. The second kappa shape index (κ2) is 4.96. The van der Waals surface area contributed by atoms with Gasteiger partial charge in [-0.1, -0.05) is 6.07 Å². The van der Waals surface area contributed by atoms with E-state index >= 15 is 0 Å². The van der Waals surface area contributed by atoms with Crippen molar-refractivity contribution in [1.82, 2.24) is 0 Å². The van der Waals surface area contributed by atoms with Crippen molar-refractivity contribution in [2.24, 2.45) is 5.73 Å². The van der Waals surface area contributed by atoms with Gasteiger partial charge in [-0.05, 0) is 44.9 Å². The monoisotopic (exact) mass is 236 g/mol. The van der Waals surface area contributed by atoms with E-state index in [2.05, 4.69) is 30.9 Å². The zero-order chi connectivity index (χ0) is 13.2. The van der Waals surface area contributed by atoms with Gasteiger partial charge < -0.3 is 15.4 Å². The first-order valence-electron chi connectivity index (χ1n) is 5.90. The minimum Gasteiger partial charge on any atom is -0.494 e. The van der Waals surface area contributed by atoms with Crippen LogP contribution in [-0.2, 0) is 0 Å². The van der Waals surface area contributed by atoms with E-state index in [1.807, 2.05) is 20.9 Å². The van der Waals surface area contributed by atoms with Crippen molar-refractivity contribution in [3.8, 4) is 5.75 Å². The van der Waals surface area contributed by atoms with E-state index in [4.69, 9.17) is 10.5 Å². The summed E-state index contributed by atoms with van der Waals surface area (Å²) in [6.07, 6.45) is 0. The fraction of sp³-hybridized carbons (Fsp3) is 0.571. The Bertz CT molecular complexity index is 394. The van der Waals surface area contributed by atoms with Gasteiger partial charge in [0.05, 0.1) is 12.8 Å². The van der Waals surface area contributed by atoms with Gasteiger partial charge in [0.1, 0.15) is 5.75 Å². The molecular weight excluding hydrogens is 212 g/mol. The van der Waals surface area contributed by atoms with Gasteiger partial charge in [0.15, 0.2) is 0 Å². The highest BCUT2D eigenvalue weighted by Crippen LogP contribution is 2.32. The summed E-state index contributed by atoms with van der Waals surface area (Å²) in [5.41, 5.74) is 9.33. The van der Waals surface area contributed by atoms with Crippen molar-refractivity contribution >= 4 is 5.69 Å². The molecule has 0 saturated carbocycles. The van der Waals surface area contributed by atoms with Gasteiger partial charge in [-0.3, -0.25) is 0 Å². The summed E-state index contributed by atoms with van der Waals surface area (Å²) in [6.45, 7) is 9.00. The average Bonchev–Trinajstić information content (AvgIpc) is 2.13. The molecule has 17 heavy (non-hydrogen) atoms. The Morgan fingerprint density at radius 2 is 1.88 bits per heavy atom. The number of hydrogen-bond acceptors (Lipinski definition) is 3. The Morgan fingerprint density at radius 3 is 2.35 bits per heavy atom. The van der Waals surface area contributed by atoms with E-state index in [1.54, 1.807) is 7.11 Å². The Kier molecular flexibility index (Phi) is 4.04. The molecule has 0 unspecified atom stereocenters. The zero-order valence-electron chi connectivity index (χ0n) is 11.8. The van der Waals surface area contributed by atoms with Gasteiger partial charge in [0.2, 0.25) is 0 Å². The molecule has 1 rings (SSSR count). The molecule has 0 heterocycles. The van der Waals surface area contributed by atoms with Crippen LogP contribution in [0.4, 0.5) is 5.69 Å². The maximum Gasteiger partial charge on any atom is 0.145 e. The van der Waals surface area contributed by atoms with Crippen molar-refractivity contribution in [3.05, 3.63) is 23.3 Å². The first-order chi connectivity index (χ1) is 7.74. The van der Waals surface area contributed by atoms with Crippen LogP contribution >= 0.6 is 0 Å². The van der Waals surface area contributed by atoms with Gasteiger partial charge in [0, 0.05) is 19.1 Å². The van der Waals surface area contributed by atoms with Crippen molar-refractivity contribution in [3.63, 3.8) is 0 Å². The smallest absolute Gasteiger partial charge is 0.145 e. The quantitative estimate of drug-likeness (QED) is 0.873. The average molecular weight is 236 g/mol. The summed E-state index contributed by atoms with van der Waals surface area (Å²) in [5, 5.41) is 0. The second-order valence-corrected chi connectivity index (χ2v) is 5.48. The maximum atomic E-state index is 6.06. The molecule has 0 atom stereocenters. The number of aryl methyl sites for hydroxylation is 2. The first kappa shape index (κ1) is 13.8. The normalized spacial score (nSPS) is 11.5. The van der Waals surface area contributed by atoms with E-state index in [1.165, 1.54) is 5.56 Å². The molecule has 0 aromatic heterocycles. The molecule has 0 fully saturated rings. The molecule has 0 radical (unpaired) electrons. The lowest BCUT2D eigenvalue weighted by molar-refractivity contribution is 0.410. The van der Waals surface area contributed by atoms with E-state index in [0.717, 1.165) is 23.5 Å². The van der Waals surface area contributed by atoms with Crippen LogP contribution in [0.1, 0.15) is 25.0 Å². The fourth-order valence-corrected chi connectivity index (χ4v) is 2.18. The molecule has 0 amide bonds. The second-order valence-electron chi connectivity index (χ2n) is 5.48. The van der Waals surface area contributed by atoms with Crippen molar-refractivity contribution in [2.75, 3.05) is 25.6 Å². The van der Waals surface area contributed by atoms with Crippen molar-refractivity contribution in [2.45, 2.75) is 33.2 Å². The van der Waals surface area contributed by atoms with Gasteiger partial charge in [0.25, 0.3) is 0 Å². The summed E-state index contributed by atoms with van der Waals surface area (Å²) in [7, 11) is 3.76. The van der Waals surface area contributed by atoms with Gasteiger partial charge in [-0.25, -0.2) is 0 Å². The minimum absolute atomic E-state index is 0.225. The topological polar surface area (TPSA) is 38.5 Å². The number of hydrogen-bond donors (Lipinski definition) is 1. The van der Waals surface area contributed by atoms with E-state index < -0.39 is 0 Å². The van der Waals surface area contributed by atoms with Crippen LogP contribution < -0.4 is 15.4 Å². The number of benzene rings is 1. The molecule has 1 aromatic carbocycles. The molecule has 3 nitrogen and oxygen atoms in total. The summed E-state index contributed by atoms with van der Waals surface area (Å²) in [5.74, 6) is 0.933. The number of rotatable bonds is 4. The lowest BCUT2D eigenvalue weighted by Crippen LogP contribution is -2.44. The summed E-state index contributed by atoms with van der Waals surface area (Å²) in [4.78, 5) is 2.15. The highest BCUT2D eigenvalue weighted by Gasteiger charge is 2.18. The molecule has 0 saturated heterocycles. The van der Waals surface area contributed by atoms with E-state index in [9.17, 15) is 0 Å². The van der Waals surface area contributed by atoms with Crippen LogP contribution in [-0.4, -0.2) is 26.2 Å². The third-order valence-corrected chi connectivity index (χ3v) is 2.66. The summed E-state index contributed by atoms with van der Waals surface area (Å²) in [6, 6.07) is 4.27. The first-order valence-corrected chi connectivity index (χ1v) is 5.90. The van der Waals surface area contributed by atoms with Crippen LogP contribution in [0.2, 0.25) is 0 Å². The molecule has 0 aliphatic carbocycles. The number of anilines is 1. The number of likely N-dealkylation sites (N-methyl/N-ethyl adjacent to an activating group) is 1. The molecule has 0 aliphatic rings. The molecule has 0 spiro atoms. The predicted octanol–water partition coefficient (Wildman–Crippen LogP) is 2.49. The Morgan fingerprint density at radius 1 is 1.29 bits per heavy atom. The largest absolute Gasteiger partial charge is 0.494 e. The van der Waals surface area contributed by atoms with Gasteiger partial charge >= 0.3 is 0 Å². The van der Waals surface area contributed by atoms with Gasteiger partial charge in [-0.2, -0.15) is 0 Å². The Hall–Kier alpha value is -1.22. The Labute approximate surface area is 105 Å². The van der Waals surface area contributed by atoms with Crippen molar-refractivity contribution < 1.29 is 4.74 Å². The molecule has 3 heteroatoms. The van der Waals surface area contributed by atoms with Crippen LogP contribution in [0.15, 0.2) is 12.1 Å². The molecule has 0 bridgehead atoms. The SMILES string of the molecule is COc1c(C)cc(C)cc1N(C)CC(C)(C)N. The van der Waals surface area contributed by atoms with E-state index in [0.29, 0.717) is 0 Å². The third-order valence-electron chi connectivity index (χ3n) is 2.66. The summed E-state index contributed by atoms with van der Waals surface area (Å²) < 4.78 is 5.48. The lowest BCUT2D eigenvalue weighted by Gasteiger charge is -2.30. The number of nitrogens with zero attached hydrogens (tertiary/aromatic N) is 1. The van der Waals surface area contributed by atoms with Gasteiger partial charge in [-0.15, -0.1) is 0 Å². The molecular formula is C14H24N2O. The van der Waals surface area contributed by atoms with Crippen LogP contribution in [0, 0.1) is 13.8 Å². The van der Waals surface area contributed by atoms with E-state index in [-0.39, 0.29) is 5.54 Å². The predicted molar refractivity (Wildman–Crippen MR) is 74.0 cm³/mol. The molecule has 0 aliphatic heterocycles. The fourth-order valence-electron chi connectivity index (χ4n) is 2.18. The highest BCUT2D eigenvalue weighted by atomic mass is 16.5. The number of methoxy groups -OCH3 is 1. The maximum absolute atomic E-state index is 6.06. The summed E-state index contributed by atoms with van der Waals surface area (Å²) >= 11 is 0. The molecule has 2 N–H and O–H groups in total. The third kappa shape index (κ3) is 3.63.